The molecular formula is C44H48F6N12O3. The summed E-state index contributed by atoms with van der Waals surface area (Å²) in [5, 5.41) is 20.8. The molecule has 21 heteroatoms. The van der Waals surface area contributed by atoms with Crippen molar-refractivity contribution in [2.45, 2.75) is 91.7 Å². The van der Waals surface area contributed by atoms with Crippen LogP contribution in [0.4, 0.5) is 72.6 Å². The van der Waals surface area contributed by atoms with Crippen LogP contribution in [0.25, 0.3) is 0 Å². The smallest absolute Gasteiger partial charge is 0.421 e. The normalized spacial score (nSPS) is 15.3. The van der Waals surface area contributed by atoms with E-state index in [2.05, 4.69) is 51.4 Å². The highest BCUT2D eigenvalue weighted by atomic mass is 19.4. The van der Waals surface area contributed by atoms with Crippen molar-refractivity contribution in [3.63, 3.8) is 0 Å². The van der Waals surface area contributed by atoms with Crippen LogP contribution in [0.1, 0.15) is 82.5 Å². The molecule has 0 unspecified atom stereocenters. The Balaban J connectivity index is 1.12. The first-order chi connectivity index (χ1) is 31.0. The van der Waals surface area contributed by atoms with Gasteiger partial charge in [-0.25, -0.2) is 9.97 Å². The molecular weight excluding hydrogens is 859 g/mol. The number of nitrogens with zero attached hydrogens (tertiary/aromatic N) is 8. The molecule has 2 aliphatic rings. The van der Waals surface area contributed by atoms with Crippen LogP contribution in [-0.4, -0.2) is 65.9 Å². The Hall–Kier alpha value is -6.48. The molecule has 0 spiro atoms. The maximum Gasteiger partial charge on any atom is 0.421 e. The van der Waals surface area contributed by atoms with Crippen molar-refractivity contribution in [2.24, 2.45) is 0 Å². The summed E-state index contributed by atoms with van der Waals surface area (Å²) >= 11 is 0. The van der Waals surface area contributed by atoms with Gasteiger partial charge in [-0.3, -0.25) is 9.36 Å². The topological polar surface area (TPSA) is 163 Å². The third kappa shape index (κ3) is 9.65. The second kappa shape index (κ2) is 18.2. The molecule has 8 rings (SSSR count). The summed E-state index contributed by atoms with van der Waals surface area (Å²) in [7, 11) is 0. The Labute approximate surface area is 370 Å². The monoisotopic (exact) mass is 906 g/mol. The molecule has 0 amide bonds. The summed E-state index contributed by atoms with van der Waals surface area (Å²) in [5.74, 6) is -1.24. The van der Waals surface area contributed by atoms with Gasteiger partial charge in [0.15, 0.2) is 11.5 Å². The van der Waals surface area contributed by atoms with E-state index in [4.69, 9.17) is 14.2 Å². The van der Waals surface area contributed by atoms with E-state index < -0.39 is 35.1 Å². The average molecular weight is 907 g/mol. The number of hydrogen-bond acceptors (Lipinski definition) is 13. The molecule has 2 saturated heterocycles. The number of nitrogens with one attached hydrogen (secondary N) is 4. The summed E-state index contributed by atoms with van der Waals surface area (Å²) < 4.78 is 109. The van der Waals surface area contributed by atoms with Crippen LogP contribution in [0.5, 0.6) is 11.5 Å². The number of rotatable bonds is 12. The molecule has 2 fully saturated rings. The first-order valence-electron chi connectivity index (χ1n) is 21.0. The summed E-state index contributed by atoms with van der Waals surface area (Å²) in [4.78, 5) is 16.6. The summed E-state index contributed by atoms with van der Waals surface area (Å²) in [6, 6.07) is 6.77. The van der Waals surface area contributed by atoms with Crippen LogP contribution in [0.2, 0.25) is 0 Å². The van der Waals surface area contributed by atoms with Crippen LogP contribution in [0, 0.1) is 41.5 Å². The highest BCUT2D eigenvalue weighted by Gasteiger charge is 2.37. The van der Waals surface area contributed by atoms with Crippen molar-refractivity contribution in [2.75, 3.05) is 47.7 Å². The van der Waals surface area contributed by atoms with Gasteiger partial charge in [-0.15, -0.1) is 0 Å². The number of ether oxygens (including phenoxy) is 3. The van der Waals surface area contributed by atoms with Crippen molar-refractivity contribution in [1.29, 1.82) is 0 Å². The lowest BCUT2D eigenvalue weighted by atomic mass is 10.1. The molecule has 2 aromatic carbocycles. The van der Waals surface area contributed by atoms with E-state index in [1.54, 1.807) is 64.4 Å². The molecule has 0 bridgehead atoms. The fourth-order valence-corrected chi connectivity index (χ4v) is 7.84. The Morgan fingerprint density at radius 2 is 0.938 bits per heavy atom. The third-order valence-electron chi connectivity index (χ3n) is 11.9. The number of hydrogen-bond donors (Lipinski definition) is 4. The quantitative estimate of drug-likeness (QED) is 0.0859. The first kappa shape index (κ1) is 45.1. The van der Waals surface area contributed by atoms with E-state index in [1.165, 1.54) is 0 Å². The molecule has 65 heavy (non-hydrogen) atoms. The Kier molecular flexibility index (Phi) is 12.6. The Bertz CT molecular complexity index is 2510. The second-order valence-corrected chi connectivity index (χ2v) is 16.1. The largest absolute Gasteiger partial charge is 0.453 e. The number of alkyl halides is 6. The molecule has 0 aliphatic carbocycles. The van der Waals surface area contributed by atoms with E-state index in [-0.39, 0.29) is 46.9 Å². The van der Waals surface area contributed by atoms with Gasteiger partial charge in [-0.2, -0.15) is 46.5 Å². The second-order valence-electron chi connectivity index (χ2n) is 16.1. The van der Waals surface area contributed by atoms with E-state index in [9.17, 15) is 26.3 Å². The lowest BCUT2D eigenvalue weighted by Crippen LogP contribution is -2.21. The van der Waals surface area contributed by atoms with Gasteiger partial charge in [0.25, 0.3) is 0 Å². The fourth-order valence-electron chi connectivity index (χ4n) is 7.84. The van der Waals surface area contributed by atoms with Crippen LogP contribution in [-0.2, 0) is 21.8 Å². The summed E-state index contributed by atoms with van der Waals surface area (Å²) in [6.07, 6.45) is -2.11. The van der Waals surface area contributed by atoms with Gasteiger partial charge in [-0.05, 0) is 102 Å². The predicted molar refractivity (Wildman–Crippen MR) is 231 cm³/mol. The number of aromatic nitrogens is 8. The van der Waals surface area contributed by atoms with Crippen molar-refractivity contribution in [1.82, 2.24) is 39.5 Å². The van der Waals surface area contributed by atoms with E-state index in [0.29, 0.717) is 72.4 Å². The van der Waals surface area contributed by atoms with Gasteiger partial charge in [0.1, 0.15) is 22.8 Å². The number of aryl methyl sites for hydroxylation is 2. The molecule has 0 saturated carbocycles. The minimum atomic E-state index is -4.86. The lowest BCUT2D eigenvalue weighted by Gasteiger charge is -2.23. The molecule has 4 N–H and O–H groups in total. The van der Waals surface area contributed by atoms with Crippen molar-refractivity contribution in [3.05, 3.63) is 93.8 Å². The number of anilines is 8. The minimum absolute atomic E-state index is 0.0623. The zero-order valence-electron chi connectivity index (χ0n) is 36.5. The summed E-state index contributed by atoms with van der Waals surface area (Å²) in [5.41, 5.74) is 2.99. The molecule has 4 aromatic heterocycles. The molecule has 0 atom stereocenters. The van der Waals surface area contributed by atoms with E-state index in [0.717, 1.165) is 37.1 Å². The molecule has 2 aliphatic heterocycles. The zero-order valence-corrected chi connectivity index (χ0v) is 36.5. The maximum atomic E-state index is 14.6. The van der Waals surface area contributed by atoms with Crippen molar-refractivity contribution < 1.29 is 40.6 Å². The molecule has 15 nitrogen and oxygen atoms in total. The Morgan fingerprint density at radius 1 is 0.554 bits per heavy atom. The van der Waals surface area contributed by atoms with Crippen molar-refractivity contribution >= 4 is 46.3 Å². The molecule has 6 heterocycles. The van der Waals surface area contributed by atoms with Gasteiger partial charge < -0.3 is 35.5 Å². The van der Waals surface area contributed by atoms with Gasteiger partial charge in [0.05, 0.1) is 58.6 Å². The third-order valence-corrected chi connectivity index (χ3v) is 11.9. The van der Waals surface area contributed by atoms with E-state index in [1.807, 2.05) is 23.2 Å². The van der Waals surface area contributed by atoms with Crippen molar-refractivity contribution in [3.8, 4) is 11.5 Å². The average Bonchev–Trinajstić information content (AvgIpc) is 3.83. The standard InChI is InChI=1S/C44H48F6N12O3/c1-23-7-9-35(37(25(23)3)57-39-31(43(45,46)47)19-51-41(59-39)55-33-21-53-61(27(33)5)29-11-15-63-16-12-29)65-36-10-8-24(2)26(4)38(36)58-40-32(44(48,49)50)20-52-42(60-40)56-34-22-54-62(28(34)6)30-13-17-64-18-14-30/h7-10,19-22,29-30H,11-18H2,1-6H3,(H2,51,55,57,59)(H2,52,56,58,60). The first-order valence-corrected chi connectivity index (χ1v) is 21.0. The van der Waals surface area contributed by atoms with Gasteiger partial charge >= 0.3 is 12.4 Å². The van der Waals surface area contributed by atoms with Crippen LogP contribution in [0.15, 0.2) is 49.1 Å². The maximum absolute atomic E-state index is 14.6. The van der Waals surface area contributed by atoms with Gasteiger partial charge in [0.2, 0.25) is 11.9 Å². The number of halogens is 6. The zero-order chi connectivity index (χ0) is 46.2. The van der Waals surface area contributed by atoms with Crippen LogP contribution < -0.4 is 26.0 Å². The predicted octanol–water partition coefficient (Wildman–Crippen LogP) is 11.0. The highest BCUT2D eigenvalue weighted by molar-refractivity contribution is 5.76. The summed E-state index contributed by atoms with van der Waals surface area (Å²) in [6.45, 7) is 13.0. The Morgan fingerprint density at radius 3 is 1.31 bits per heavy atom. The van der Waals surface area contributed by atoms with E-state index >= 15 is 0 Å². The number of benzene rings is 2. The van der Waals surface area contributed by atoms with Gasteiger partial charge in [0, 0.05) is 38.8 Å². The molecule has 6 aromatic rings. The minimum Gasteiger partial charge on any atom is -0.453 e. The molecule has 344 valence electrons. The lowest BCUT2D eigenvalue weighted by molar-refractivity contribution is -0.138. The fraction of sp³-hybridized carbons (Fsp3) is 0.409. The van der Waals surface area contributed by atoms with Gasteiger partial charge in [-0.1, -0.05) is 12.1 Å². The molecule has 0 radical (unpaired) electrons. The SMILES string of the molecule is Cc1ccc(Oc2ccc(C)c(C)c2Nc2nc(Nc3cnn(C4CCOCC4)c3C)ncc2C(F)(F)F)c(Nc2nc(Nc3cnn(C4CCOCC4)c3C)ncc2C(F)(F)F)c1C. The highest BCUT2D eigenvalue weighted by Crippen LogP contribution is 2.44. The van der Waals surface area contributed by atoms with Crippen LogP contribution >= 0.6 is 0 Å². The van der Waals surface area contributed by atoms with Crippen LogP contribution in [0.3, 0.4) is 0 Å².